The van der Waals surface area contributed by atoms with E-state index < -0.39 is 0 Å². The zero-order chi connectivity index (χ0) is 11.0. The van der Waals surface area contributed by atoms with E-state index in [1.807, 2.05) is 6.07 Å². The highest BCUT2D eigenvalue weighted by Crippen LogP contribution is 2.28. The molecule has 2 N–H and O–H groups in total. The van der Waals surface area contributed by atoms with Crippen molar-refractivity contribution < 1.29 is 9.15 Å². The van der Waals surface area contributed by atoms with Crippen LogP contribution in [0.15, 0.2) is 29.0 Å². The second-order valence-electron chi connectivity index (χ2n) is 3.81. The molecule has 1 aromatic heterocycles. The van der Waals surface area contributed by atoms with Gasteiger partial charge in [0.15, 0.2) is 12.2 Å². The number of nitrogens with zero attached hydrogens (tertiary/aromatic N) is 1. The Morgan fingerprint density at radius 1 is 1.25 bits per heavy atom. The van der Waals surface area contributed by atoms with Gasteiger partial charge in [-0.3, -0.25) is 0 Å². The van der Waals surface area contributed by atoms with Crippen molar-refractivity contribution in [1.82, 2.24) is 4.98 Å². The van der Waals surface area contributed by atoms with Gasteiger partial charge in [0.25, 0.3) is 0 Å². The van der Waals surface area contributed by atoms with Crippen molar-refractivity contribution in [2.24, 2.45) is 5.73 Å². The second kappa shape index (κ2) is 3.73. The van der Waals surface area contributed by atoms with Crippen LogP contribution in [0.3, 0.4) is 0 Å². The fraction of sp³-hybridized carbons (Fsp3) is 0.250. The zero-order valence-electron chi connectivity index (χ0n) is 8.77. The predicted molar refractivity (Wildman–Crippen MR) is 58.3 cm³/mol. The normalized spacial score (nSPS) is 14.1. The monoisotopic (exact) mass is 216 g/mol. The van der Waals surface area contributed by atoms with Crippen molar-refractivity contribution in [3.63, 3.8) is 0 Å². The molecular formula is C12H12N2O2. The highest BCUT2D eigenvalue weighted by molar-refractivity contribution is 5.61. The summed E-state index contributed by atoms with van der Waals surface area (Å²) < 4.78 is 10.7. The van der Waals surface area contributed by atoms with Crippen LogP contribution in [0.25, 0.3) is 11.3 Å². The molecule has 0 unspecified atom stereocenters. The number of nitrogens with two attached hydrogens (primary N) is 1. The van der Waals surface area contributed by atoms with Gasteiger partial charge < -0.3 is 14.9 Å². The second-order valence-corrected chi connectivity index (χ2v) is 3.81. The number of rotatable bonds is 2. The van der Waals surface area contributed by atoms with E-state index in [1.54, 1.807) is 0 Å². The number of ether oxygens (including phenoxy) is 1. The summed E-state index contributed by atoms with van der Waals surface area (Å²) in [5.41, 5.74) is 9.87. The molecule has 0 aliphatic carbocycles. The van der Waals surface area contributed by atoms with Crippen LogP contribution in [0.5, 0.6) is 0 Å². The lowest BCUT2D eigenvalue weighted by molar-refractivity contribution is 0.134. The van der Waals surface area contributed by atoms with Crippen LogP contribution in [0, 0.1) is 0 Å². The first-order valence-corrected chi connectivity index (χ1v) is 5.21. The molecule has 1 aliphatic heterocycles. The van der Waals surface area contributed by atoms with Crippen molar-refractivity contribution in [1.29, 1.82) is 0 Å². The standard InChI is InChI=1S/C12H12N2O2/c13-4-11-12(16-7-14-11)8-1-2-9-5-15-6-10(9)3-8/h1-3,7H,4-6,13H2. The SMILES string of the molecule is NCc1ncoc1-c1ccc2c(c1)COC2. The fourth-order valence-corrected chi connectivity index (χ4v) is 1.96. The average molecular weight is 216 g/mol. The van der Waals surface area contributed by atoms with Crippen LogP contribution in [0.2, 0.25) is 0 Å². The summed E-state index contributed by atoms with van der Waals surface area (Å²) in [6, 6.07) is 6.18. The molecule has 0 saturated heterocycles. The summed E-state index contributed by atoms with van der Waals surface area (Å²) in [5, 5.41) is 0. The number of hydrogen-bond donors (Lipinski definition) is 1. The van der Waals surface area contributed by atoms with Crippen LogP contribution in [-0.4, -0.2) is 4.98 Å². The Labute approximate surface area is 93.0 Å². The molecule has 2 heterocycles. The summed E-state index contributed by atoms with van der Waals surface area (Å²) in [6.45, 7) is 1.77. The molecule has 0 spiro atoms. The van der Waals surface area contributed by atoms with Gasteiger partial charge in [-0.15, -0.1) is 0 Å². The Hall–Kier alpha value is -1.65. The number of benzene rings is 1. The summed E-state index contributed by atoms with van der Waals surface area (Å²) in [5.74, 6) is 0.761. The van der Waals surface area contributed by atoms with Crippen molar-refractivity contribution in [2.45, 2.75) is 19.8 Å². The smallest absolute Gasteiger partial charge is 0.181 e. The van der Waals surface area contributed by atoms with Crippen LogP contribution >= 0.6 is 0 Å². The number of hydrogen-bond acceptors (Lipinski definition) is 4. The molecule has 3 rings (SSSR count). The minimum Gasteiger partial charge on any atom is -0.443 e. The lowest BCUT2D eigenvalue weighted by Crippen LogP contribution is -1.98. The molecule has 4 heteroatoms. The minimum absolute atomic E-state index is 0.388. The first-order valence-electron chi connectivity index (χ1n) is 5.21. The molecular weight excluding hydrogens is 204 g/mol. The molecule has 1 aliphatic rings. The minimum atomic E-state index is 0.388. The Bertz CT molecular complexity index is 519. The van der Waals surface area contributed by atoms with Crippen LogP contribution in [-0.2, 0) is 24.5 Å². The third-order valence-electron chi connectivity index (χ3n) is 2.82. The van der Waals surface area contributed by atoms with Gasteiger partial charge in [0, 0.05) is 12.1 Å². The van der Waals surface area contributed by atoms with Gasteiger partial charge in [0.2, 0.25) is 0 Å². The van der Waals surface area contributed by atoms with E-state index in [4.69, 9.17) is 14.9 Å². The molecule has 82 valence electrons. The first-order chi connectivity index (χ1) is 7.88. The Morgan fingerprint density at radius 3 is 3.00 bits per heavy atom. The highest BCUT2D eigenvalue weighted by Gasteiger charge is 2.15. The average Bonchev–Trinajstić information content (AvgIpc) is 2.96. The summed E-state index contributed by atoms with van der Waals surface area (Å²) in [7, 11) is 0. The van der Waals surface area contributed by atoms with Gasteiger partial charge in [-0.25, -0.2) is 4.98 Å². The maximum absolute atomic E-state index is 5.60. The predicted octanol–water partition coefficient (Wildman–Crippen LogP) is 1.83. The van der Waals surface area contributed by atoms with Crippen LogP contribution < -0.4 is 5.73 Å². The van der Waals surface area contributed by atoms with E-state index in [0.29, 0.717) is 19.8 Å². The maximum Gasteiger partial charge on any atom is 0.181 e. The molecule has 1 aromatic carbocycles. The summed E-state index contributed by atoms with van der Waals surface area (Å²) >= 11 is 0. The topological polar surface area (TPSA) is 61.3 Å². The first kappa shape index (κ1) is 9.57. The lowest BCUT2D eigenvalue weighted by atomic mass is 10.0. The fourth-order valence-electron chi connectivity index (χ4n) is 1.96. The van der Waals surface area contributed by atoms with Crippen molar-refractivity contribution in [3.05, 3.63) is 41.4 Å². The summed E-state index contributed by atoms with van der Waals surface area (Å²) in [4.78, 5) is 4.08. The van der Waals surface area contributed by atoms with Gasteiger partial charge >= 0.3 is 0 Å². The van der Waals surface area contributed by atoms with Crippen molar-refractivity contribution in [3.8, 4) is 11.3 Å². The zero-order valence-corrected chi connectivity index (χ0v) is 8.77. The molecule has 2 aromatic rings. The highest BCUT2D eigenvalue weighted by atomic mass is 16.5. The number of aromatic nitrogens is 1. The number of oxazole rings is 1. The van der Waals surface area contributed by atoms with Gasteiger partial charge in [-0.05, 0) is 17.2 Å². The molecule has 0 amide bonds. The van der Waals surface area contributed by atoms with E-state index in [0.717, 1.165) is 17.0 Å². The van der Waals surface area contributed by atoms with E-state index >= 15 is 0 Å². The largest absolute Gasteiger partial charge is 0.443 e. The van der Waals surface area contributed by atoms with E-state index in [9.17, 15) is 0 Å². The third-order valence-corrected chi connectivity index (χ3v) is 2.82. The van der Waals surface area contributed by atoms with Gasteiger partial charge in [-0.1, -0.05) is 12.1 Å². The van der Waals surface area contributed by atoms with Gasteiger partial charge in [-0.2, -0.15) is 0 Å². The Balaban J connectivity index is 2.07. The molecule has 0 atom stereocenters. The van der Waals surface area contributed by atoms with E-state index in [2.05, 4.69) is 17.1 Å². The lowest BCUT2D eigenvalue weighted by Gasteiger charge is -2.02. The van der Waals surface area contributed by atoms with Gasteiger partial charge in [0.1, 0.15) is 5.69 Å². The van der Waals surface area contributed by atoms with E-state index in [1.165, 1.54) is 17.5 Å². The molecule has 4 nitrogen and oxygen atoms in total. The van der Waals surface area contributed by atoms with Gasteiger partial charge in [0.05, 0.1) is 13.2 Å². The molecule has 0 bridgehead atoms. The van der Waals surface area contributed by atoms with Crippen LogP contribution in [0.4, 0.5) is 0 Å². The third kappa shape index (κ3) is 1.43. The van der Waals surface area contributed by atoms with Crippen molar-refractivity contribution in [2.75, 3.05) is 0 Å². The van der Waals surface area contributed by atoms with E-state index in [-0.39, 0.29) is 0 Å². The van der Waals surface area contributed by atoms with Crippen molar-refractivity contribution >= 4 is 0 Å². The summed E-state index contributed by atoms with van der Waals surface area (Å²) in [6.07, 6.45) is 1.43. The molecule has 0 radical (unpaired) electrons. The Kier molecular flexibility index (Phi) is 2.23. The van der Waals surface area contributed by atoms with Crippen LogP contribution in [0.1, 0.15) is 16.8 Å². The quantitative estimate of drug-likeness (QED) is 0.831. The maximum atomic E-state index is 5.60. The molecule has 0 fully saturated rings. The number of fused-ring (bicyclic) bond motifs is 1. The Morgan fingerprint density at radius 2 is 2.12 bits per heavy atom. The molecule has 16 heavy (non-hydrogen) atoms. The molecule has 0 saturated carbocycles.